The zero-order valence-corrected chi connectivity index (χ0v) is 20.2. The Bertz CT molecular complexity index is 1350. The largest absolute Gasteiger partial charge is 0.367 e. The Hall–Kier alpha value is -3.98. The molecule has 0 unspecified atom stereocenters. The molecule has 0 saturated carbocycles. The van der Waals surface area contributed by atoms with Crippen LogP contribution in [0.4, 0.5) is 5.69 Å². The highest BCUT2D eigenvalue weighted by atomic mass is 16.2. The molecule has 3 N–H and O–H groups in total. The number of aromatic nitrogens is 5. The first-order valence-corrected chi connectivity index (χ1v) is 12.6. The molecular weight excluding hydrogens is 452 g/mol. The maximum atomic E-state index is 12.9. The Morgan fingerprint density at radius 3 is 2.69 bits per heavy atom. The van der Waals surface area contributed by atoms with E-state index in [2.05, 4.69) is 47.7 Å². The smallest absolute Gasteiger partial charge is 0.224 e. The molecule has 0 bridgehead atoms. The molecular formula is C27H30N8O. The molecule has 3 aromatic heterocycles. The quantitative estimate of drug-likeness (QED) is 0.389. The number of amides is 1. The molecule has 0 aliphatic carbocycles. The van der Waals surface area contributed by atoms with Crippen molar-refractivity contribution in [3.8, 4) is 11.1 Å². The van der Waals surface area contributed by atoms with Crippen LogP contribution >= 0.6 is 0 Å². The van der Waals surface area contributed by atoms with Gasteiger partial charge in [0.05, 0.1) is 23.0 Å². The first kappa shape index (κ1) is 22.5. The van der Waals surface area contributed by atoms with Crippen molar-refractivity contribution in [3.05, 3.63) is 60.2 Å². The van der Waals surface area contributed by atoms with Gasteiger partial charge in [0.1, 0.15) is 0 Å². The Morgan fingerprint density at radius 1 is 1.08 bits per heavy atom. The summed E-state index contributed by atoms with van der Waals surface area (Å²) >= 11 is 0. The predicted molar refractivity (Wildman–Crippen MR) is 141 cm³/mol. The Labute approximate surface area is 209 Å². The maximum Gasteiger partial charge on any atom is 0.224 e. The van der Waals surface area contributed by atoms with E-state index in [-0.39, 0.29) is 5.91 Å². The third-order valence-electron chi connectivity index (χ3n) is 7.16. The SMILES string of the molecule is O=C(C[C@@H]1CCCN1)N1CCN(c2c(-c3ccccc3)cnc3n[nH]c(C=Cc4cn[nH]c4)c23)CC1. The van der Waals surface area contributed by atoms with Crippen LogP contribution in [0.3, 0.4) is 0 Å². The molecule has 5 heterocycles. The third kappa shape index (κ3) is 4.49. The predicted octanol–water partition coefficient (Wildman–Crippen LogP) is 3.31. The van der Waals surface area contributed by atoms with Crippen molar-refractivity contribution in [2.24, 2.45) is 0 Å². The molecule has 2 aliphatic rings. The first-order chi connectivity index (χ1) is 17.8. The lowest BCUT2D eigenvalue weighted by atomic mass is 10.0. The van der Waals surface area contributed by atoms with Gasteiger partial charge in [0.2, 0.25) is 5.91 Å². The first-order valence-electron chi connectivity index (χ1n) is 12.6. The van der Waals surface area contributed by atoms with Crippen LogP contribution in [0.25, 0.3) is 34.3 Å². The van der Waals surface area contributed by atoms with Gasteiger partial charge in [0, 0.05) is 62.2 Å². The van der Waals surface area contributed by atoms with Crippen LogP contribution in [0.15, 0.2) is 48.9 Å². The second-order valence-electron chi connectivity index (χ2n) is 9.45. The fourth-order valence-electron chi connectivity index (χ4n) is 5.25. The zero-order chi connectivity index (χ0) is 24.3. The van der Waals surface area contributed by atoms with Crippen molar-refractivity contribution < 1.29 is 4.79 Å². The van der Waals surface area contributed by atoms with Gasteiger partial charge >= 0.3 is 0 Å². The van der Waals surface area contributed by atoms with Crippen molar-refractivity contribution in [2.45, 2.75) is 25.3 Å². The van der Waals surface area contributed by atoms with Crippen LogP contribution in [0.5, 0.6) is 0 Å². The Kier molecular flexibility index (Phi) is 6.21. The van der Waals surface area contributed by atoms with E-state index >= 15 is 0 Å². The minimum atomic E-state index is 0.254. The standard InChI is InChI=1S/C27H30N8O/c36-24(15-21-7-4-10-28-21)34-11-13-35(14-12-34)26-22(20-5-2-1-3-6-20)18-29-27-25(26)23(32-33-27)9-8-19-16-30-31-17-19/h1-3,5-6,8-9,16-18,21,28H,4,7,10-15H2,(H,30,31)(H,29,32,33)/t21-/m0/s1. The van der Waals surface area contributed by atoms with Gasteiger partial charge in [0.15, 0.2) is 5.65 Å². The fourth-order valence-corrected chi connectivity index (χ4v) is 5.25. The fraction of sp³-hybridized carbons (Fsp3) is 0.333. The topological polar surface area (TPSA) is 106 Å². The average Bonchev–Trinajstić information content (AvgIpc) is 3.70. The normalized spacial score (nSPS) is 18.5. The van der Waals surface area contributed by atoms with E-state index in [1.54, 1.807) is 6.20 Å². The number of carbonyl (C=O) groups is 1. The van der Waals surface area contributed by atoms with Gasteiger partial charge in [-0.2, -0.15) is 10.2 Å². The van der Waals surface area contributed by atoms with Crippen molar-refractivity contribution in [1.82, 2.24) is 35.6 Å². The summed E-state index contributed by atoms with van der Waals surface area (Å²) in [5.41, 5.74) is 5.85. The maximum absolute atomic E-state index is 12.9. The van der Waals surface area contributed by atoms with Crippen LogP contribution in [0, 0.1) is 0 Å². The minimum absolute atomic E-state index is 0.254. The highest BCUT2D eigenvalue weighted by Gasteiger charge is 2.28. The molecule has 2 fully saturated rings. The summed E-state index contributed by atoms with van der Waals surface area (Å²) in [5, 5.41) is 19.0. The molecule has 4 aromatic rings. The van der Waals surface area contributed by atoms with Crippen LogP contribution < -0.4 is 10.2 Å². The molecule has 6 rings (SSSR count). The van der Waals surface area contributed by atoms with E-state index in [0.29, 0.717) is 31.2 Å². The Morgan fingerprint density at radius 2 is 1.94 bits per heavy atom. The summed E-state index contributed by atoms with van der Waals surface area (Å²) in [6, 6.07) is 10.7. The molecule has 0 radical (unpaired) electrons. The van der Waals surface area contributed by atoms with Gasteiger partial charge in [-0.25, -0.2) is 4.98 Å². The number of fused-ring (bicyclic) bond motifs is 1. The van der Waals surface area contributed by atoms with E-state index in [4.69, 9.17) is 0 Å². The number of aromatic amines is 2. The van der Waals surface area contributed by atoms with Crippen LogP contribution in [0.1, 0.15) is 30.5 Å². The van der Waals surface area contributed by atoms with Gasteiger partial charge in [-0.1, -0.05) is 30.3 Å². The van der Waals surface area contributed by atoms with Gasteiger partial charge in [-0.15, -0.1) is 0 Å². The zero-order valence-electron chi connectivity index (χ0n) is 20.2. The lowest BCUT2D eigenvalue weighted by molar-refractivity contribution is -0.131. The van der Waals surface area contributed by atoms with E-state index in [0.717, 1.165) is 65.9 Å². The summed E-state index contributed by atoms with van der Waals surface area (Å²) in [6.07, 6.45) is 12.4. The number of anilines is 1. The van der Waals surface area contributed by atoms with Crippen LogP contribution in [-0.2, 0) is 4.79 Å². The monoisotopic (exact) mass is 482 g/mol. The van der Waals surface area contributed by atoms with Crippen molar-refractivity contribution in [2.75, 3.05) is 37.6 Å². The summed E-state index contributed by atoms with van der Waals surface area (Å²) in [4.78, 5) is 22.0. The number of nitrogens with one attached hydrogen (secondary N) is 3. The number of hydrogen-bond acceptors (Lipinski definition) is 6. The third-order valence-corrected chi connectivity index (χ3v) is 7.16. The van der Waals surface area contributed by atoms with E-state index < -0.39 is 0 Å². The molecule has 36 heavy (non-hydrogen) atoms. The highest BCUT2D eigenvalue weighted by molar-refractivity contribution is 6.03. The summed E-state index contributed by atoms with van der Waals surface area (Å²) in [7, 11) is 0. The van der Waals surface area contributed by atoms with Crippen molar-refractivity contribution in [3.63, 3.8) is 0 Å². The highest BCUT2D eigenvalue weighted by Crippen LogP contribution is 2.38. The van der Waals surface area contributed by atoms with Gasteiger partial charge in [-0.05, 0) is 37.1 Å². The molecule has 1 aromatic carbocycles. The van der Waals surface area contributed by atoms with Crippen LogP contribution in [-0.4, -0.2) is 75.0 Å². The molecule has 1 atom stereocenters. The van der Waals surface area contributed by atoms with Gasteiger partial charge < -0.3 is 15.1 Å². The van der Waals surface area contributed by atoms with Crippen molar-refractivity contribution >= 4 is 34.8 Å². The number of H-pyrrole nitrogens is 2. The van der Waals surface area contributed by atoms with Gasteiger partial charge in [-0.3, -0.25) is 15.0 Å². The van der Waals surface area contributed by atoms with E-state index in [1.807, 2.05) is 47.6 Å². The average molecular weight is 483 g/mol. The summed E-state index contributed by atoms with van der Waals surface area (Å²) in [6.45, 7) is 3.97. The molecule has 2 saturated heterocycles. The molecule has 1 amide bonds. The number of nitrogens with zero attached hydrogens (tertiary/aromatic N) is 5. The van der Waals surface area contributed by atoms with E-state index in [1.165, 1.54) is 0 Å². The van der Waals surface area contributed by atoms with Crippen molar-refractivity contribution in [1.29, 1.82) is 0 Å². The number of pyridine rings is 1. The number of rotatable bonds is 6. The number of benzene rings is 1. The number of hydrogen-bond donors (Lipinski definition) is 3. The molecule has 9 nitrogen and oxygen atoms in total. The molecule has 9 heteroatoms. The molecule has 0 spiro atoms. The summed E-state index contributed by atoms with van der Waals surface area (Å²) in [5.74, 6) is 0.254. The second kappa shape index (κ2) is 9.94. The van der Waals surface area contributed by atoms with E-state index in [9.17, 15) is 4.79 Å². The second-order valence-corrected chi connectivity index (χ2v) is 9.45. The number of carbonyl (C=O) groups excluding carboxylic acids is 1. The molecule has 2 aliphatic heterocycles. The lowest BCUT2D eigenvalue weighted by Gasteiger charge is -2.37. The number of piperazine rings is 1. The lowest BCUT2D eigenvalue weighted by Crippen LogP contribution is -2.50. The Balaban J connectivity index is 1.33. The van der Waals surface area contributed by atoms with Crippen LogP contribution in [0.2, 0.25) is 0 Å². The summed E-state index contributed by atoms with van der Waals surface area (Å²) < 4.78 is 0. The van der Waals surface area contributed by atoms with Gasteiger partial charge in [0.25, 0.3) is 0 Å². The molecule has 184 valence electrons. The minimum Gasteiger partial charge on any atom is -0.367 e.